The lowest BCUT2D eigenvalue weighted by atomic mass is 9.69. The normalized spacial score (nSPS) is 23.4. The molecule has 0 spiro atoms. The Labute approximate surface area is 185 Å². The third kappa shape index (κ3) is 5.30. The number of quaternary nitrogens is 1. The highest BCUT2D eigenvalue weighted by Crippen LogP contribution is 2.45. The number of ether oxygens (including phenoxy) is 1. The lowest BCUT2D eigenvalue weighted by Gasteiger charge is -2.39. The minimum atomic E-state index is -0.361. The Hall–Kier alpha value is -1.63. The van der Waals surface area contributed by atoms with Gasteiger partial charge in [-0.2, -0.15) is 0 Å². The van der Waals surface area contributed by atoms with E-state index >= 15 is 0 Å². The van der Waals surface area contributed by atoms with E-state index in [-0.39, 0.29) is 17.1 Å². The van der Waals surface area contributed by atoms with Crippen molar-refractivity contribution < 1.29 is 14.8 Å². The largest absolute Gasteiger partial charge is 0.763 e. The van der Waals surface area contributed by atoms with Gasteiger partial charge in [0.05, 0.1) is 26.3 Å². The first-order chi connectivity index (χ1) is 13.8. The lowest BCUT2D eigenvalue weighted by Crippen LogP contribution is -2.87. The van der Waals surface area contributed by atoms with Crippen molar-refractivity contribution in [2.75, 3.05) is 26.3 Å². The van der Waals surface area contributed by atoms with Crippen molar-refractivity contribution in [1.29, 1.82) is 0 Å². The predicted molar refractivity (Wildman–Crippen MR) is 122 cm³/mol. The van der Waals surface area contributed by atoms with Crippen LogP contribution in [0.1, 0.15) is 38.2 Å². The first kappa shape index (κ1) is 22.1. The molecule has 1 aromatic rings. The van der Waals surface area contributed by atoms with Gasteiger partial charge in [0.2, 0.25) is 0 Å². The molecule has 0 radical (unpaired) electrons. The number of nitrogens with zero attached hydrogens (tertiary/aromatic N) is 1. The second-order valence-corrected chi connectivity index (χ2v) is 9.60. The first-order valence-electron chi connectivity index (χ1n) is 9.82. The zero-order chi connectivity index (χ0) is 21.0. The Kier molecular flexibility index (Phi) is 7.19. The van der Waals surface area contributed by atoms with E-state index in [1.54, 1.807) is 0 Å². The zero-order valence-corrected chi connectivity index (χ0v) is 19.2. The molecule has 1 unspecified atom stereocenters. The molecule has 3 N–H and O–H groups in total. The van der Waals surface area contributed by atoms with E-state index in [0.29, 0.717) is 22.6 Å². The van der Waals surface area contributed by atoms with Gasteiger partial charge in [-0.25, -0.2) is 0 Å². The molecule has 5 nitrogen and oxygen atoms in total. The Morgan fingerprint density at radius 1 is 1.24 bits per heavy atom. The van der Waals surface area contributed by atoms with Crippen LogP contribution in [0.15, 0.2) is 45.6 Å². The van der Waals surface area contributed by atoms with Crippen LogP contribution in [-0.2, 0) is 9.53 Å². The molecule has 1 aliphatic carbocycles. The van der Waals surface area contributed by atoms with Gasteiger partial charge in [-0.3, -0.25) is 10.7 Å². The molecule has 0 bridgehead atoms. The molecule has 0 aromatic heterocycles. The van der Waals surface area contributed by atoms with Crippen molar-refractivity contribution in [2.45, 2.75) is 32.6 Å². The second kappa shape index (κ2) is 9.45. The number of ketones is 1. The van der Waals surface area contributed by atoms with Crippen LogP contribution in [0.3, 0.4) is 0 Å². The third-order valence-corrected chi connectivity index (χ3v) is 6.11. The Morgan fingerprint density at radius 2 is 1.90 bits per heavy atom. The van der Waals surface area contributed by atoms with Crippen molar-refractivity contribution in [3.05, 3.63) is 56.6 Å². The van der Waals surface area contributed by atoms with Crippen molar-refractivity contribution in [1.82, 2.24) is 5.32 Å². The highest BCUT2D eigenvalue weighted by molar-refractivity contribution is 9.10. The molecule has 2 heterocycles. The van der Waals surface area contributed by atoms with Crippen LogP contribution in [-0.4, -0.2) is 42.9 Å². The number of hydrogen-bond donors (Lipinski definition) is 2. The lowest BCUT2D eigenvalue weighted by molar-refractivity contribution is -0.670. The molecule has 2 aliphatic heterocycles. The van der Waals surface area contributed by atoms with Crippen LogP contribution in [0, 0.1) is 5.41 Å². The fraction of sp³-hybridized carbons (Fsp3) is 0.455. The molecule has 1 saturated heterocycles. The molecular weight excluding hydrogens is 450 g/mol. The topological polar surface area (TPSA) is 77.2 Å². The van der Waals surface area contributed by atoms with E-state index < -0.39 is 0 Å². The van der Waals surface area contributed by atoms with Crippen LogP contribution in [0.5, 0.6) is 0 Å². The van der Waals surface area contributed by atoms with E-state index in [0.717, 1.165) is 48.5 Å². The summed E-state index contributed by atoms with van der Waals surface area (Å²) in [7, 11) is 0. The molecule has 7 heteroatoms. The number of benzene rings is 1. The number of rotatable bonds is 1. The van der Waals surface area contributed by atoms with Gasteiger partial charge in [-0.05, 0) is 29.5 Å². The summed E-state index contributed by atoms with van der Waals surface area (Å²) in [6.07, 6.45) is 1.26. The Balaban J connectivity index is 0.000000343. The van der Waals surface area contributed by atoms with E-state index in [2.05, 4.69) is 46.3 Å². The number of nitrogens with two attached hydrogens (primary N) is 1. The maximum absolute atomic E-state index is 12.8. The van der Waals surface area contributed by atoms with Gasteiger partial charge in [-0.1, -0.05) is 54.1 Å². The average Bonchev–Trinajstić information content (AvgIpc) is 2.68. The van der Waals surface area contributed by atoms with Crippen LogP contribution in [0.4, 0.5) is 0 Å². The number of carbonyl (C=O) groups is 1. The molecule has 1 fully saturated rings. The second-order valence-electron chi connectivity index (χ2n) is 8.28. The molecular formula is C22H26BrN3O2S. The standard InChI is InChI=1S/C18H16BrN2OS.C4H9NO/c1-18(2)7-13-16(14(22)8-18)15(12(9-20)17(23)21-13)10-3-5-11(19)6-4-10;1-3-6-4-2-5-1/h3-6,15H,7-8H2,1-2H3,(H,21,23);5H,1-4H2/q-1;/p+1. The molecule has 4 rings (SSSR count). The fourth-order valence-corrected chi connectivity index (χ4v) is 4.50. The van der Waals surface area contributed by atoms with E-state index in [4.69, 9.17) is 17.0 Å². The number of thiocarbonyl (C=S) groups is 1. The highest BCUT2D eigenvalue weighted by atomic mass is 79.9. The molecule has 0 saturated carbocycles. The summed E-state index contributed by atoms with van der Waals surface area (Å²) in [5.74, 6) is 1.95. The van der Waals surface area contributed by atoms with Crippen molar-refractivity contribution in [3.8, 4) is 0 Å². The van der Waals surface area contributed by atoms with Crippen LogP contribution >= 0.6 is 28.1 Å². The number of allylic oxidation sites excluding steroid dienone is 2. The number of carbonyl (C=O) groups excluding carboxylic acids is 1. The van der Waals surface area contributed by atoms with Gasteiger partial charge >= 0.3 is 0 Å². The molecule has 1 aromatic carbocycles. The Morgan fingerprint density at radius 3 is 2.41 bits per heavy atom. The van der Waals surface area contributed by atoms with Crippen molar-refractivity contribution >= 4 is 44.8 Å². The minimum absolute atomic E-state index is 0.0903. The van der Waals surface area contributed by atoms with Gasteiger partial charge in [-0.15, -0.1) is 0 Å². The third-order valence-electron chi connectivity index (χ3n) is 5.26. The minimum Gasteiger partial charge on any atom is -0.763 e. The quantitative estimate of drug-likeness (QED) is 0.371. The van der Waals surface area contributed by atoms with Gasteiger partial charge < -0.3 is 20.8 Å². The summed E-state index contributed by atoms with van der Waals surface area (Å²) in [6.45, 7) is 8.36. The Bertz CT molecular complexity index is 870. The molecule has 1 atom stereocenters. The summed E-state index contributed by atoms with van der Waals surface area (Å²) in [6, 6.07) is 7.73. The molecule has 0 amide bonds. The summed E-state index contributed by atoms with van der Waals surface area (Å²) in [5, 5.41) is 15.0. The highest BCUT2D eigenvalue weighted by Gasteiger charge is 2.41. The summed E-state index contributed by atoms with van der Waals surface area (Å²) in [4.78, 5) is 13.2. The van der Waals surface area contributed by atoms with Crippen molar-refractivity contribution in [2.24, 2.45) is 5.41 Å². The number of nitrogens with one attached hydrogen (secondary N) is 1. The fourth-order valence-electron chi connectivity index (χ4n) is 3.94. The van der Waals surface area contributed by atoms with Gasteiger partial charge in [0.1, 0.15) is 4.99 Å². The zero-order valence-electron chi connectivity index (χ0n) is 16.8. The van der Waals surface area contributed by atoms with E-state index in [9.17, 15) is 10.2 Å². The van der Waals surface area contributed by atoms with Crippen LogP contribution in [0.2, 0.25) is 0 Å². The number of morpholine rings is 1. The first-order valence-corrected chi connectivity index (χ1v) is 11.0. The smallest absolute Gasteiger partial charge is 0.162 e. The van der Waals surface area contributed by atoms with E-state index in [1.807, 2.05) is 24.3 Å². The molecule has 3 aliphatic rings. The summed E-state index contributed by atoms with van der Waals surface area (Å²) in [5.41, 5.74) is 2.87. The SMILES string of the molecule is C1COCC[NH2+]1.CC1(C)CC(=O)C2=C(C1)NC(=S)C(=C=[N-])C2c1ccc(Br)cc1. The van der Waals surface area contributed by atoms with Crippen LogP contribution in [0.25, 0.3) is 5.41 Å². The van der Waals surface area contributed by atoms with Crippen molar-refractivity contribution in [3.63, 3.8) is 0 Å². The van der Waals surface area contributed by atoms with Gasteiger partial charge in [0.25, 0.3) is 0 Å². The van der Waals surface area contributed by atoms with Crippen LogP contribution < -0.4 is 10.6 Å². The maximum atomic E-state index is 12.8. The average molecular weight is 476 g/mol. The maximum Gasteiger partial charge on any atom is 0.162 e. The monoisotopic (exact) mass is 475 g/mol. The molecule has 154 valence electrons. The summed E-state index contributed by atoms with van der Waals surface area (Å²) < 4.78 is 6.00. The van der Waals surface area contributed by atoms with Gasteiger partial charge in [0.15, 0.2) is 5.78 Å². The molecule has 29 heavy (non-hydrogen) atoms. The predicted octanol–water partition coefficient (Wildman–Crippen LogP) is 2.85. The number of Topliss-reactive ketones (excluding diaryl/α,β-unsaturated/α-hetero) is 1. The van der Waals surface area contributed by atoms with E-state index in [1.165, 1.54) is 0 Å². The number of hydrogen-bond acceptors (Lipinski definition) is 3. The number of halogens is 1. The van der Waals surface area contributed by atoms with Gasteiger partial charge in [0, 0.05) is 33.7 Å². The summed E-state index contributed by atoms with van der Waals surface area (Å²) >= 11 is 8.81.